The summed E-state index contributed by atoms with van der Waals surface area (Å²) >= 11 is 0. The fourth-order valence-electron chi connectivity index (χ4n) is 7.59. The molecule has 4 bridgehead atoms. The maximum Gasteiger partial charge on any atom is 0.134 e. The van der Waals surface area contributed by atoms with Crippen LogP contribution >= 0.6 is 0 Å². The summed E-state index contributed by atoms with van der Waals surface area (Å²) in [5.74, 6) is 1.60. The van der Waals surface area contributed by atoms with Gasteiger partial charge in [-0.05, 0) is 63.6 Å². The van der Waals surface area contributed by atoms with Crippen molar-refractivity contribution in [1.82, 2.24) is 19.9 Å². The first-order valence-electron chi connectivity index (χ1n) is 17.5. The largest absolute Gasteiger partial charge is 0.260 e. The summed E-state index contributed by atoms with van der Waals surface area (Å²) in [6.07, 6.45) is 9.18. The van der Waals surface area contributed by atoms with Crippen LogP contribution in [0.1, 0.15) is 160 Å². The van der Waals surface area contributed by atoms with Gasteiger partial charge in [-0.25, -0.2) is 9.97 Å². The molecule has 0 fully saturated rings. The molecule has 0 saturated carbocycles. The van der Waals surface area contributed by atoms with Gasteiger partial charge in [-0.1, -0.05) is 133 Å². The van der Waals surface area contributed by atoms with Gasteiger partial charge in [0.1, 0.15) is 5.82 Å². The molecule has 0 N–H and O–H groups in total. The van der Waals surface area contributed by atoms with Gasteiger partial charge >= 0.3 is 0 Å². The minimum absolute atomic E-state index is 0.158. The zero-order valence-electron chi connectivity index (χ0n) is 31.6. The predicted molar refractivity (Wildman–Crippen MR) is 197 cm³/mol. The molecule has 4 aliphatic rings. The first-order valence-corrected chi connectivity index (χ1v) is 17.5. The van der Waals surface area contributed by atoms with Gasteiger partial charge in [0, 0.05) is 63.3 Å². The van der Waals surface area contributed by atoms with Gasteiger partial charge in [0.25, 0.3) is 0 Å². The van der Waals surface area contributed by atoms with Gasteiger partial charge in [-0.3, -0.25) is 9.97 Å². The fraction of sp³-hybridized carbons (Fsp3) is 0.535. The highest BCUT2D eigenvalue weighted by atomic mass is 14.9. The maximum atomic E-state index is 5.15. The van der Waals surface area contributed by atoms with E-state index in [2.05, 4.69) is 158 Å². The number of aromatic nitrogens is 4. The van der Waals surface area contributed by atoms with Gasteiger partial charge in [0.15, 0.2) is 0 Å². The second kappa shape index (κ2) is 11.6. The number of rotatable bonds is 6. The van der Waals surface area contributed by atoms with E-state index in [-0.39, 0.29) is 32.5 Å². The Bertz CT molecular complexity index is 1690. The molecule has 0 amide bonds. The Labute approximate surface area is 285 Å². The van der Waals surface area contributed by atoms with Crippen LogP contribution in [-0.4, -0.2) is 19.9 Å². The number of pyridine rings is 2. The molecule has 3 atom stereocenters. The average Bonchev–Trinajstić information content (AvgIpc) is 3.03. The lowest BCUT2D eigenvalue weighted by atomic mass is 9.56. The van der Waals surface area contributed by atoms with Gasteiger partial charge in [-0.2, -0.15) is 0 Å². The van der Waals surface area contributed by atoms with Gasteiger partial charge < -0.3 is 0 Å². The van der Waals surface area contributed by atoms with E-state index in [1.807, 2.05) is 12.4 Å². The molecular weight excluding hydrogens is 573 g/mol. The molecule has 3 aromatic heterocycles. The average molecular weight is 631 g/mol. The maximum absolute atomic E-state index is 5.15. The highest BCUT2D eigenvalue weighted by Gasteiger charge is 2.50. The quantitative estimate of drug-likeness (QED) is 0.213. The summed E-state index contributed by atoms with van der Waals surface area (Å²) in [6, 6.07) is 18.3. The molecule has 47 heavy (non-hydrogen) atoms. The van der Waals surface area contributed by atoms with E-state index < -0.39 is 0 Å². The smallest absolute Gasteiger partial charge is 0.134 e. The van der Waals surface area contributed by atoms with Crippen LogP contribution < -0.4 is 0 Å². The molecule has 7 heterocycles. The Hall–Kier alpha value is -3.40. The normalized spacial score (nSPS) is 21.5. The van der Waals surface area contributed by atoms with Crippen molar-refractivity contribution in [2.75, 3.05) is 0 Å². The molecule has 0 aliphatic carbocycles. The SMILES string of the molecule is CC(c1ccc(C(C)(C)C)cc1)C(C)c1ccc(C(C)(C)CC2(C)c3ccc(nc3)C(C)(C)C(C)(C)c3cnc(nc3)C2(C)C)nc1. The standard InChI is InChI=1S/C43H58N4/c1-28(30-15-18-32(19-16-30)38(3,4)5)29(2)31-17-21-35(44-23-31)39(6,7)27-43(14)33-20-22-36(45-24-33)41(10,11)40(8,9)34-25-46-37(47-26-34)42(43,12)13/h15-26,28-29H,27H2,1-14H3. The summed E-state index contributed by atoms with van der Waals surface area (Å²) in [5.41, 5.74) is 7.35. The van der Waals surface area contributed by atoms with Crippen molar-refractivity contribution in [3.8, 4) is 0 Å². The molecule has 0 radical (unpaired) electrons. The van der Waals surface area contributed by atoms with Crippen molar-refractivity contribution in [2.24, 2.45) is 0 Å². The second-order valence-electron chi connectivity index (χ2n) is 17.9. The zero-order chi connectivity index (χ0) is 34.8. The molecule has 0 spiro atoms. The monoisotopic (exact) mass is 630 g/mol. The van der Waals surface area contributed by atoms with E-state index in [1.165, 1.54) is 22.3 Å². The topological polar surface area (TPSA) is 51.6 Å². The Morgan fingerprint density at radius 3 is 1.62 bits per heavy atom. The predicted octanol–water partition coefficient (Wildman–Crippen LogP) is 10.6. The first-order chi connectivity index (χ1) is 21.6. The van der Waals surface area contributed by atoms with Crippen LogP contribution in [0.3, 0.4) is 0 Å². The highest BCUT2D eigenvalue weighted by molar-refractivity contribution is 5.39. The van der Waals surface area contributed by atoms with Crippen LogP contribution in [0.25, 0.3) is 0 Å². The van der Waals surface area contributed by atoms with Crippen LogP contribution in [0, 0.1) is 0 Å². The Morgan fingerprint density at radius 1 is 0.553 bits per heavy atom. The number of hydrogen-bond acceptors (Lipinski definition) is 4. The van der Waals surface area contributed by atoms with Crippen molar-refractivity contribution in [3.05, 3.63) is 118 Å². The van der Waals surface area contributed by atoms with Crippen molar-refractivity contribution < 1.29 is 0 Å². The first kappa shape index (κ1) is 34.9. The minimum Gasteiger partial charge on any atom is -0.260 e. The third-order valence-corrected chi connectivity index (χ3v) is 12.8. The lowest BCUT2D eigenvalue weighted by Crippen LogP contribution is -2.48. The van der Waals surface area contributed by atoms with E-state index >= 15 is 0 Å². The van der Waals surface area contributed by atoms with Crippen molar-refractivity contribution in [3.63, 3.8) is 0 Å². The molecule has 0 saturated heterocycles. The lowest BCUT2D eigenvalue weighted by Gasteiger charge is -2.48. The molecule has 4 aliphatic heterocycles. The summed E-state index contributed by atoms with van der Waals surface area (Å²) in [6.45, 7) is 32.2. The highest BCUT2D eigenvalue weighted by Crippen LogP contribution is 2.51. The van der Waals surface area contributed by atoms with Crippen LogP contribution in [0.5, 0.6) is 0 Å². The van der Waals surface area contributed by atoms with Crippen molar-refractivity contribution in [1.29, 1.82) is 0 Å². The Kier molecular flexibility index (Phi) is 8.64. The number of benzene rings is 1. The van der Waals surface area contributed by atoms with Crippen LogP contribution in [-0.2, 0) is 32.5 Å². The summed E-state index contributed by atoms with van der Waals surface area (Å²) < 4.78 is 0. The van der Waals surface area contributed by atoms with Gasteiger partial charge in [0.05, 0.1) is 0 Å². The van der Waals surface area contributed by atoms with E-state index in [0.29, 0.717) is 11.8 Å². The van der Waals surface area contributed by atoms with Crippen LogP contribution in [0.4, 0.5) is 0 Å². The Morgan fingerprint density at radius 2 is 1.11 bits per heavy atom. The molecule has 4 aromatic rings. The van der Waals surface area contributed by atoms with E-state index in [1.54, 1.807) is 0 Å². The summed E-state index contributed by atoms with van der Waals surface area (Å²) in [4.78, 5) is 20.4. The van der Waals surface area contributed by atoms with Crippen molar-refractivity contribution >= 4 is 0 Å². The van der Waals surface area contributed by atoms with Gasteiger partial charge in [0.2, 0.25) is 0 Å². The van der Waals surface area contributed by atoms with E-state index in [4.69, 9.17) is 19.9 Å². The molecule has 8 rings (SSSR count). The van der Waals surface area contributed by atoms with E-state index in [0.717, 1.165) is 29.2 Å². The molecule has 4 nitrogen and oxygen atoms in total. The van der Waals surface area contributed by atoms with E-state index in [9.17, 15) is 0 Å². The molecule has 3 unspecified atom stereocenters. The fourth-order valence-corrected chi connectivity index (χ4v) is 7.59. The molecule has 1 aromatic carbocycles. The number of hydrogen-bond donors (Lipinski definition) is 0. The third-order valence-electron chi connectivity index (χ3n) is 12.8. The lowest BCUT2D eigenvalue weighted by molar-refractivity contribution is 0.197. The van der Waals surface area contributed by atoms with Crippen LogP contribution in [0.15, 0.2) is 73.3 Å². The molecule has 250 valence electrons. The number of nitrogens with zero attached hydrogens (tertiary/aromatic N) is 4. The minimum atomic E-state index is -0.378. The summed E-state index contributed by atoms with van der Waals surface area (Å²) in [7, 11) is 0. The third kappa shape index (κ3) is 5.95. The zero-order valence-corrected chi connectivity index (χ0v) is 31.6. The molecule has 4 heteroatoms. The molecular formula is C43H58N4. The van der Waals surface area contributed by atoms with Crippen molar-refractivity contribution in [2.45, 2.75) is 148 Å². The Balaban J connectivity index is 1.47. The summed E-state index contributed by atoms with van der Waals surface area (Å²) in [5, 5.41) is 0. The van der Waals surface area contributed by atoms with Crippen LogP contribution in [0.2, 0.25) is 0 Å². The second-order valence-corrected chi connectivity index (χ2v) is 17.9. The van der Waals surface area contributed by atoms with Gasteiger partial charge in [-0.15, -0.1) is 0 Å².